The Bertz CT molecular complexity index is 582. The Balaban J connectivity index is 1.37. The van der Waals surface area contributed by atoms with Crippen LogP contribution in [0.1, 0.15) is 87.0 Å². The summed E-state index contributed by atoms with van der Waals surface area (Å²) in [6.45, 7) is 10.6. The SMILES string of the molecule is Cc1cc(C)n(CCCCCCCCCCCCn2nc(C)cc2C)n1. The molecule has 0 N–H and O–H groups in total. The van der Waals surface area contributed by atoms with Crippen molar-refractivity contribution in [2.24, 2.45) is 0 Å². The summed E-state index contributed by atoms with van der Waals surface area (Å²) < 4.78 is 4.31. The van der Waals surface area contributed by atoms with Gasteiger partial charge < -0.3 is 0 Å². The number of hydrogen-bond acceptors (Lipinski definition) is 2. The summed E-state index contributed by atoms with van der Waals surface area (Å²) in [6.07, 6.45) is 13.5. The van der Waals surface area contributed by atoms with Crippen molar-refractivity contribution >= 4 is 0 Å². The predicted octanol–water partition coefficient (Wildman–Crippen LogP) is 5.91. The fourth-order valence-corrected chi connectivity index (χ4v) is 3.74. The van der Waals surface area contributed by atoms with Crippen molar-refractivity contribution in [3.63, 3.8) is 0 Å². The Hall–Kier alpha value is -1.58. The van der Waals surface area contributed by atoms with Crippen molar-refractivity contribution in [1.29, 1.82) is 0 Å². The van der Waals surface area contributed by atoms with Gasteiger partial charge in [-0.25, -0.2) is 0 Å². The summed E-state index contributed by atoms with van der Waals surface area (Å²) in [5, 5.41) is 9.06. The van der Waals surface area contributed by atoms with Gasteiger partial charge in [0.25, 0.3) is 0 Å². The van der Waals surface area contributed by atoms with Crippen LogP contribution in [0.2, 0.25) is 0 Å². The smallest absolute Gasteiger partial charge is 0.0596 e. The zero-order chi connectivity index (χ0) is 18.8. The molecule has 0 aliphatic rings. The molecule has 0 spiro atoms. The molecule has 0 saturated carbocycles. The van der Waals surface area contributed by atoms with E-state index in [1.165, 1.54) is 75.6 Å². The summed E-state index contributed by atoms with van der Waals surface area (Å²) in [5.41, 5.74) is 4.86. The van der Waals surface area contributed by atoms with Gasteiger partial charge in [-0.3, -0.25) is 9.36 Å². The van der Waals surface area contributed by atoms with E-state index in [1.807, 2.05) is 0 Å². The van der Waals surface area contributed by atoms with E-state index >= 15 is 0 Å². The lowest BCUT2D eigenvalue weighted by atomic mass is 10.1. The molecule has 0 unspecified atom stereocenters. The minimum absolute atomic E-state index is 1.08. The summed E-state index contributed by atoms with van der Waals surface area (Å²) in [7, 11) is 0. The molecule has 4 heteroatoms. The molecule has 0 radical (unpaired) electrons. The minimum atomic E-state index is 1.08. The first-order valence-electron chi connectivity index (χ1n) is 10.6. The van der Waals surface area contributed by atoms with Gasteiger partial charge in [-0.15, -0.1) is 0 Å². The maximum atomic E-state index is 4.53. The summed E-state index contributed by atoms with van der Waals surface area (Å²) >= 11 is 0. The average Bonchev–Trinajstić information content (AvgIpc) is 3.08. The van der Waals surface area contributed by atoms with E-state index in [2.05, 4.69) is 59.4 Å². The van der Waals surface area contributed by atoms with Gasteiger partial charge in [0.2, 0.25) is 0 Å². The number of unbranched alkanes of at least 4 members (excludes halogenated alkanes) is 9. The Morgan fingerprint density at radius 3 is 1.12 bits per heavy atom. The van der Waals surface area contributed by atoms with E-state index in [0.717, 1.165) is 24.5 Å². The molecule has 0 aliphatic carbocycles. The monoisotopic (exact) mass is 358 g/mol. The van der Waals surface area contributed by atoms with E-state index in [-0.39, 0.29) is 0 Å². The largest absolute Gasteiger partial charge is 0.270 e. The van der Waals surface area contributed by atoms with Gasteiger partial charge in [0, 0.05) is 24.5 Å². The first-order chi connectivity index (χ1) is 12.6. The Morgan fingerprint density at radius 1 is 0.538 bits per heavy atom. The molecular formula is C22H38N4. The summed E-state index contributed by atoms with van der Waals surface area (Å²) in [4.78, 5) is 0. The second kappa shape index (κ2) is 11.2. The normalized spacial score (nSPS) is 11.4. The van der Waals surface area contributed by atoms with Crippen molar-refractivity contribution < 1.29 is 0 Å². The lowest BCUT2D eigenvalue weighted by Gasteiger charge is -2.06. The molecule has 4 nitrogen and oxygen atoms in total. The van der Waals surface area contributed by atoms with Crippen LogP contribution in [0, 0.1) is 27.7 Å². The number of hydrogen-bond donors (Lipinski definition) is 0. The van der Waals surface area contributed by atoms with E-state index < -0.39 is 0 Å². The molecule has 0 fully saturated rings. The highest BCUT2D eigenvalue weighted by atomic mass is 15.3. The van der Waals surface area contributed by atoms with Crippen LogP contribution in [0.25, 0.3) is 0 Å². The molecule has 0 aliphatic heterocycles. The van der Waals surface area contributed by atoms with Gasteiger partial charge >= 0.3 is 0 Å². The van der Waals surface area contributed by atoms with Gasteiger partial charge in [0.1, 0.15) is 0 Å². The zero-order valence-corrected chi connectivity index (χ0v) is 17.4. The van der Waals surface area contributed by atoms with E-state index in [1.54, 1.807) is 0 Å². The second-order valence-corrected chi connectivity index (χ2v) is 7.84. The molecule has 2 rings (SSSR count). The number of aryl methyl sites for hydroxylation is 6. The molecule has 0 aromatic carbocycles. The quantitative estimate of drug-likeness (QED) is 0.417. The maximum absolute atomic E-state index is 4.53. The van der Waals surface area contributed by atoms with Crippen molar-refractivity contribution in [2.45, 2.75) is 105 Å². The van der Waals surface area contributed by atoms with Crippen molar-refractivity contribution in [3.05, 3.63) is 34.9 Å². The zero-order valence-electron chi connectivity index (χ0n) is 17.4. The van der Waals surface area contributed by atoms with Gasteiger partial charge in [-0.05, 0) is 52.7 Å². The van der Waals surface area contributed by atoms with E-state index in [0.29, 0.717) is 0 Å². The molecular weight excluding hydrogens is 320 g/mol. The summed E-state index contributed by atoms with van der Waals surface area (Å²) in [6, 6.07) is 4.33. The van der Waals surface area contributed by atoms with Gasteiger partial charge in [0.05, 0.1) is 11.4 Å². The molecule has 2 aromatic rings. The van der Waals surface area contributed by atoms with E-state index in [9.17, 15) is 0 Å². The van der Waals surface area contributed by atoms with Gasteiger partial charge in [0.15, 0.2) is 0 Å². The highest BCUT2D eigenvalue weighted by molar-refractivity contribution is 5.06. The topological polar surface area (TPSA) is 35.6 Å². The molecule has 0 amide bonds. The first-order valence-corrected chi connectivity index (χ1v) is 10.6. The van der Waals surface area contributed by atoms with Crippen LogP contribution in [-0.2, 0) is 13.1 Å². The third-order valence-corrected chi connectivity index (χ3v) is 5.20. The molecule has 0 atom stereocenters. The maximum Gasteiger partial charge on any atom is 0.0596 e. The van der Waals surface area contributed by atoms with Gasteiger partial charge in [-0.2, -0.15) is 10.2 Å². The summed E-state index contributed by atoms with van der Waals surface area (Å²) in [5.74, 6) is 0. The molecule has 146 valence electrons. The Morgan fingerprint density at radius 2 is 0.846 bits per heavy atom. The lowest BCUT2D eigenvalue weighted by molar-refractivity contribution is 0.496. The van der Waals surface area contributed by atoms with Crippen LogP contribution in [0.5, 0.6) is 0 Å². The van der Waals surface area contributed by atoms with E-state index in [4.69, 9.17) is 0 Å². The fourth-order valence-electron chi connectivity index (χ4n) is 3.74. The molecule has 2 heterocycles. The average molecular weight is 359 g/mol. The molecule has 0 saturated heterocycles. The van der Waals surface area contributed by atoms with Crippen molar-refractivity contribution in [1.82, 2.24) is 19.6 Å². The predicted molar refractivity (Wildman–Crippen MR) is 110 cm³/mol. The number of aromatic nitrogens is 4. The Labute approximate surface area is 160 Å². The highest BCUT2D eigenvalue weighted by Gasteiger charge is 2.01. The third-order valence-electron chi connectivity index (χ3n) is 5.20. The van der Waals surface area contributed by atoms with Crippen LogP contribution in [0.3, 0.4) is 0 Å². The third kappa shape index (κ3) is 7.35. The Kier molecular flexibility index (Phi) is 8.93. The first kappa shape index (κ1) is 20.7. The van der Waals surface area contributed by atoms with Crippen LogP contribution >= 0.6 is 0 Å². The second-order valence-electron chi connectivity index (χ2n) is 7.84. The van der Waals surface area contributed by atoms with Crippen LogP contribution in [-0.4, -0.2) is 19.6 Å². The lowest BCUT2D eigenvalue weighted by Crippen LogP contribution is -2.02. The molecule has 2 aromatic heterocycles. The van der Waals surface area contributed by atoms with Crippen molar-refractivity contribution in [2.75, 3.05) is 0 Å². The standard InChI is InChI=1S/C22H38N4/c1-19-17-21(3)25(23-19)15-13-11-9-7-5-6-8-10-12-14-16-26-22(4)18-20(2)24-26/h17-18H,5-16H2,1-4H3. The fraction of sp³-hybridized carbons (Fsp3) is 0.727. The molecule has 26 heavy (non-hydrogen) atoms. The highest BCUT2D eigenvalue weighted by Crippen LogP contribution is 2.12. The van der Waals surface area contributed by atoms with Gasteiger partial charge in [-0.1, -0.05) is 51.4 Å². The minimum Gasteiger partial charge on any atom is -0.270 e. The number of nitrogens with zero attached hydrogens (tertiary/aromatic N) is 4. The number of rotatable bonds is 13. The van der Waals surface area contributed by atoms with Crippen molar-refractivity contribution in [3.8, 4) is 0 Å². The van der Waals surface area contributed by atoms with Crippen LogP contribution in [0.4, 0.5) is 0 Å². The van der Waals surface area contributed by atoms with Crippen LogP contribution < -0.4 is 0 Å². The molecule has 0 bridgehead atoms. The van der Waals surface area contributed by atoms with Crippen LogP contribution in [0.15, 0.2) is 12.1 Å².